The van der Waals surface area contributed by atoms with Crippen molar-refractivity contribution in [2.75, 3.05) is 20.1 Å². The summed E-state index contributed by atoms with van der Waals surface area (Å²) in [7, 11) is 2.21. The summed E-state index contributed by atoms with van der Waals surface area (Å²) in [5.41, 5.74) is 2.44. The highest BCUT2D eigenvalue weighted by molar-refractivity contribution is 5.33. The smallest absolute Gasteiger partial charge is 0.0645 e. The lowest BCUT2D eigenvalue weighted by atomic mass is 9.94. The molecule has 4 heteroatoms. The molecule has 2 atom stereocenters. The number of aromatic nitrogens is 2. The fourth-order valence-electron chi connectivity index (χ4n) is 3.09. The number of hydrogen-bond donors (Lipinski definition) is 1. The van der Waals surface area contributed by atoms with Crippen LogP contribution in [0.2, 0.25) is 0 Å². The first-order valence-corrected chi connectivity index (χ1v) is 7.73. The number of nitrogens with zero attached hydrogens (tertiary/aromatic N) is 3. The minimum Gasteiger partial charge on any atom is -0.310 e. The van der Waals surface area contributed by atoms with Crippen LogP contribution in [0.25, 0.3) is 5.69 Å². The van der Waals surface area contributed by atoms with Gasteiger partial charge in [-0.3, -0.25) is 0 Å². The van der Waals surface area contributed by atoms with Gasteiger partial charge >= 0.3 is 0 Å². The first-order chi connectivity index (χ1) is 10.2. The highest BCUT2D eigenvalue weighted by atomic mass is 15.3. The van der Waals surface area contributed by atoms with Crippen molar-refractivity contribution in [2.24, 2.45) is 5.92 Å². The molecule has 0 spiro atoms. The molecule has 2 unspecified atom stereocenters. The molecular formula is C17H24N4. The molecule has 0 radical (unpaired) electrons. The van der Waals surface area contributed by atoms with E-state index in [9.17, 15) is 0 Å². The van der Waals surface area contributed by atoms with E-state index in [4.69, 9.17) is 0 Å². The first kappa shape index (κ1) is 14.3. The Hall–Kier alpha value is -1.65. The van der Waals surface area contributed by atoms with Crippen molar-refractivity contribution < 1.29 is 0 Å². The zero-order valence-corrected chi connectivity index (χ0v) is 12.9. The van der Waals surface area contributed by atoms with Crippen molar-refractivity contribution in [1.29, 1.82) is 0 Å². The first-order valence-electron chi connectivity index (χ1n) is 7.73. The molecule has 0 bridgehead atoms. The maximum atomic E-state index is 4.25. The van der Waals surface area contributed by atoms with Crippen LogP contribution in [0.3, 0.4) is 0 Å². The van der Waals surface area contributed by atoms with Gasteiger partial charge in [0.1, 0.15) is 0 Å². The van der Waals surface area contributed by atoms with E-state index >= 15 is 0 Å². The molecule has 1 aliphatic heterocycles. The Bertz CT molecular complexity index is 547. The summed E-state index contributed by atoms with van der Waals surface area (Å²) in [6.45, 7) is 5.67. The summed E-state index contributed by atoms with van der Waals surface area (Å²) in [6.07, 6.45) is 5.01. The number of piperidine rings is 1. The van der Waals surface area contributed by atoms with Gasteiger partial charge in [-0.05, 0) is 49.7 Å². The van der Waals surface area contributed by atoms with Crippen LogP contribution < -0.4 is 5.32 Å². The molecule has 1 aliphatic rings. The lowest BCUT2D eigenvalue weighted by molar-refractivity contribution is 0.174. The van der Waals surface area contributed by atoms with Gasteiger partial charge in [0.05, 0.1) is 5.69 Å². The molecule has 1 fully saturated rings. The third kappa shape index (κ3) is 3.52. The SMILES string of the molecule is CC1CN(C)CCC1NCc1ccc(-n2cccn2)cc1. The van der Waals surface area contributed by atoms with Crippen molar-refractivity contribution in [3.63, 3.8) is 0 Å². The maximum absolute atomic E-state index is 4.25. The van der Waals surface area contributed by atoms with Crippen LogP contribution in [0.4, 0.5) is 0 Å². The predicted molar refractivity (Wildman–Crippen MR) is 85.5 cm³/mol. The van der Waals surface area contributed by atoms with Crippen LogP contribution >= 0.6 is 0 Å². The van der Waals surface area contributed by atoms with E-state index in [1.165, 1.54) is 25.1 Å². The van der Waals surface area contributed by atoms with Gasteiger partial charge in [0.25, 0.3) is 0 Å². The Morgan fingerprint density at radius 3 is 2.76 bits per heavy atom. The van der Waals surface area contributed by atoms with Gasteiger partial charge in [-0.1, -0.05) is 19.1 Å². The molecule has 0 aliphatic carbocycles. The van der Waals surface area contributed by atoms with Gasteiger partial charge < -0.3 is 10.2 Å². The lowest BCUT2D eigenvalue weighted by Gasteiger charge is -2.35. The van der Waals surface area contributed by atoms with Gasteiger partial charge in [-0.2, -0.15) is 5.10 Å². The van der Waals surface area contributed by atoms with Crippen molar-refractivity contribution in [1.82, 2.24) is 20.0 Å². The molecular weight excluding hydrogens is 260 g/mol. The lowest BCUT2D eigenvalue weighted by Crippen LogP contribution is -2.46. The van der Waals surface area contributed by atoms with Crippen LogP contribution in [0.15, 0.2) is 42.7 Å². The van der Waals surface area contributed by atoms with E-state index in [0.29, 0.717) is 12.0 Å². The average molecular weight is 284 g/mol. The quantitative estimate of drug-likeness (QED) is 0.935. The maximum Gasteiger partial charge on any atom is 0.0645 e. The third-order valence-electron chi connectivity index (χ3n) is 4.38. The second-order valence-corrected chi connectivity index (χ2v) is 6.13. The molecule has 0 saturated carbocycles. The highest BCUT2D eigenvalue weighted by Crippen LogP contribution is 2.16. The van der Waals surface area contributed by atoms with Crippen LogP contribution in [-0.2, 0) is 6.54 Å². The Morgan fingerprint density at radius 1 is 1.29 bits per heavy atom. The van der Waals surface area contributed by atoms with E-state index in [-0.39, 0.29) is 0 Å². The number of rotatable bonds is 4. The normalized spacial score (nSPS) is 23.3. The molecule has 0 amide bonds. The van der Waals surface area contributed by atoms with Crippen molar-refractivity contribution >= 4 is 0 Å². The van der Waals surface area contributed by atoms with Crippen LogP contribution in [0.1, 0.15) is 18.9 Å². The number of likely N-dealkylation sites (tertiary alicyclic amines) is 1. The van der Waals surface area contributed by atoms with Crippen LogP contribution in [-0.4, -0.2) is 40.9 Å². The summed E-state index contributed by atoms with van der Waals surface area (Å²) in [6, 6.07) is 11.2. The second-order valence-electron chi connectivity index (χ2n) is 6.13. The molecule has 1 aromatic carbocycles. The van der Waals surface area contributed by atoms with Gasteiger partial charge in [0.15, 0.2) is 0 Å². The fraction of sp³-hybridized carbons (Fsp3) is 0.471. The minimum absolute atomic E-state index is 0.631. The zero-order valence-electron chi connectivity index (χ0n) is 12.9. The standard InChI is InChI=1S/C17H24N4/c1-14-13-20(2)11-8-17(14)18-12-15-4-6-16(7-5-15)21-10-3-9-19-21/h3-7,9-10,14,17-18H,8,11-13H2,1-2H3. The number of nitrogens with one attached hydrogen (secondary N) is 1. The molecule has 3 rings (SSSR count). The molecule has 2 aromatic rings. The Balaban J connectivity index is 1.56. The summed E-state index contributed by atoms with van der Waals surface area (Å²) in [4.78, 5) is 2.42. The van der Waals surface area contributed by atoms with Gasteiger partial charge in [-0.15, -0.1) is 0 Å². The monoisotopic (exact) mass is 284 g/mol. The summed E-state index contributed by atoms with van der Waals surface area (Å²) in [5.74, 6) is 0.715. The molecule has 1 saturated heterocycles. The summed E-state index contributed by atoms with van der Waals surface area (Å²) < 4.78 is 1.89. The van der Waals surface area contributed by atoms with Crippen molar-refractivity contribution in [3.05, 3.63) is 48.3 Å². The molecule has 112 valence electrons. The van der Waals surface area contributed by atoms with E-state index in [2.05, 4.69) is 53.6 Å². The highest BCUT2D eigenvalue weighted by Gasteiger charge is 2.23. The summed E-state index contributed by atoms with van der Waals surface area (Å²) >= 11 is 0. The third-order valence-corrected chi connectivity index (χ3v) is 4.38. The largest absolute Gasteiger partial charge is 0.310 e. The average Bonchev–Trinajstić information content (AvgIpc) is 3.01. The fourth-order valence-corrected chi connectivity index (χ4v) is 3.09. The molecule has 21 heavy (non-hydrogen) atoms. The zero-order chi connectivity index (χ0) is 14.7. The predicted octanol–water partition coefficient (Wildman–Crippen LogP) is 2.30. The van der Waals surface area contributed by atoms with Crippen molar-refractivity contribution in [2.45, 2.75) is 25.9 Å². The van der Waals surface area contributed by atoms with E-state index < -0.39 is 0 Å². The van der Waals surface area contributed by atoms with Crippen molar-refractivity contribution in [3.8, 4) is 5.69 Å². The number of benzene rings is 1. The Morgan fingerprint density at radius 2 is 2.10 bits per heavy atom. The molecule has 2 heterocycles. The summed E-state index contributed by atoms with van der Waals surface area (Å²) in [5, 5.41) is 7.96. The number of hydrogen-bond acceptors (Lipinski definition) is 3. The van der Waals surface area contributed by atoms with E-state index in [1.54, 1.807) is 6.20 Å². The molecule has 4 nitrogen and oxygen atoms in total. The van der Waals surface area contributed by atoms with E-state index in [1.807, 2.05) is 16.9 Å². The molecule has 1 N–H and O–H groups in total. The van der Waals surface area contributed by atoms with E-state index in [0.717, 1.165) is 12.2 Å². The Labute approximate surface area is 126 Å². The van der Waals surface area contributed by atoms with Gasteiger partial charge in [0.2, 0.25) is 0 Å². The topological polar surface area (TPSA) is 33.1 Å². The Kier molecular flexibility index (Phi) is 4.36. The minimum atomic E-state index is 0.631. The molecule has 1 aromatic heterocycles. The van der Waals surface area contributed by atoms with Gasteiger partial charge in [-0.25, -0.2) is 4.68 Å². The van der Waals surface area contributed by atoms with Crippen LogP contribution in [0, 0.1) is 5.92 Å². The van der Waals surface area contributed by atoms with Crippen LogP contribution in [0.5, 0.6) is 0 Å². The second kappa shape index (κ2) is 6.41. The van der Waals surface area contributed by atoms with Gasteiger partial charge in [0, 0.05) is 31.5 Å².